The highest BCUT2D eigenvalue weighted by Crippen LogP contribution is 2.24. The van der Waals surface area contributed by atoms with Gasteiger partial charge in [-0.15, -0.1) is 5.10 Å². The van der Waals surface area contributed by atoms with Crippen molar-refractivity contribution in [2.45, 2.75) is 0 Å². The summed E-state index contributed by atoms with van der Waals surface area (Å²) in [5, 5.41) is 12.9. The number of aromatic nitrogens is 2. The third-order valence-corrected chi connectivity index (χ3v) is 2.46. The second-order valence-electron chi connectivity index (χ2n) is 3.56. The summed E-state index contributed by atoms with van der Waals surface area (Å²) >= 11 is 0. The van der Waals surface area contributed by atoms with Crippen molar-refractivity contribution < 1.29 is 14.6 Å². The van der Waals surface area contributed by atoms with E-state index in [1.807, 2.05) is 0 Å². The first-order valence-electron chi connectivity index (χ1n) is 5.06. The maximum atomic E-state index is 11.0. The van der Waals surface area contributed by atoms with Crippen LogP contribution in [0.25, 0.3) is 5.69 Å². The molecule has 18 heavy (non-hydrogen) atoms. The van der Waals surface area contributed by atoms with Crippen LogP contribution in [0.1, 0.15) is 10.4 Å². The number of carboxylic acid groups (broad SMARTS) is 1. The third-order valence-electron chi connectivity index (χ3n) is 2.46. The van der Waals surface area contributed by atoms with E-state index in [1.165, 1.54) is 11.8 Å². The third kappa shape index (κ3) is 1.81. The summed E-state index contributed by atoms with van der Waals surface area (Å²) in [6.07, 6.45) is 0. The molecule has 0 saturated carbocycles. The van der Waals surface area contributed by atoms with Crippen molar-refractivity contribution in [3.8, 4) is 11.4 Å². The lowest BCUT2D eigenvalue weighted by Gasteiger charge is -2.06. The predicted molar refractivity (Wildman–Crippen MR) is 65.9 cm³/mol. The van der Waals surface area contributed by atoms with Crippen LogP contribution in [0.2, 0.25) is 0 Å². The van der Waals surface area contributed by atoms with Gasteiger partial charge in [0.1, 0.15) is 17.1 Å². The van der Waals surface area contributed by atoms with E-state index in [0.29, 0.717) is 11.4 Å². The fraction of sp³-hybridized carbons (Fsp3) is 0.0909. The molecule has 0 aliphatic carbocycles. The average Bonchev–Trinajstić information content (AvgIpc) is 2.65. The van der Waals surface area contributed by atoms with E-state index in [9.17, 15) is 4.79 Å². The Morgan fingerprint density at radius 3 is 2.72 bits per heavy atom. The van der Waals surface area contributed by atoms with Gasteiger partial charge in [-0.25, -0.2) is 9.48 Å². The topological polar surface area (TPSA) is 116 Å². The van der Waals surface area contributed by atoms with E-state index < -0.39 is 5.97 Å². The van der Waals surface area contributed by atoms with Crippen LogP contribution in [0.4, 0.5) is 11.6 Å². The van der Waals surface area contributed by atoms with Gasteiger partial charge in [-0.05, 0) is 12.1 Å². The molecule has 5 N–H and O–H groups in total. The quantitative estimate of drug-likeness (QED) is 0.737. The minimum Gasteiger partial charge on any atom is -0.497 e. The number of nitrogens with two attached hydrogens (primary N) is 2. The first kappa shape index (κ1) is 11.8. The molecule has 2 rings (SSSR count). The number of aromatic carboxylic acids is 1. The lowest BCUT2D eigenvalue weighted by Crippen LogP contribution is -2.06. The lowest BCUT2D eigenvalue weighted by molar-refractivity contribution is 0.0699. The highest BCUT2D eigenvalue weighted by Gasteiger charge is 2.20. The molecule has 0 spiro atoms. The van der Waals surface area contributed by atoms with Crippen molar-refractivity contribution in [2.75, 3.05) is 18.6 Å². The summed E-state index contributed by atoms with van der Waals surface area (Å²) < 4.78 is 6.34. The van der Waals surface area contributed by atoms with E-state index in [0.717, 1.165) is 0 Å². The summed E-state index contributed by atoms with van der Waals surface area (Å²) in [5.74, 6) is -0.743. The molecule has 0 atom stereocenters. The number of methoxy groups -OCH3 is 1. The summed E-state index contributed by atoms with van der Waals surface area (Å²) in [4.78, 5) is 11.0. The zero-order valence-corrected chi connectivity index (χ0v) is 9.62. The summed E-state index contributed by atoms with van der Waals surface area (Å²) in [6.45, 7) is 0. The Morgan fingerprint density at radius 2 is 2.17 bits per heavy atom. The van der Waals surface area contributed by atoms with Gasteiger partial charge in [-0.1, -0.05) is 6.07 Å². The standard InChI is InChI=1S/C11H12N4O3/c1-18-7-4-2-3-6(5-7)15-10(13)8(11(16)17)9(12)14-15/h2-5H,13H2,1H3,(H2,12,14)(H,16,17). The lowest BCUT2D eigenvalue weighted by atomic mass is 10.3. The van der Waals surface area contributed by atoms with Gasteiger partial charge in [0.15, 0.2) is 5.82 Å². The number of carboxylic acids is 1. The first-order valence-corrected chi connectivity index (χ1v) is 5.06. The molecule has 0 saturated heterocycles. The largest absolute Gasteiger partial charge is 0.497 e. The first-order chi connectivity index (χ1) is 8.54. The Morgan fingerprint density at radius 1 is 1.44 bits per heavy atom. The molecule has 7 nitrogen and oxygen atoms in total. The molecule has 0 bridgehead atoms. The molecule has 0 aliphatic rings. The second kappa shape index (κ2) is 4.28. The van der Waals surface area contributed by atoms with Gasteiger partial charge in [-0.3, -0.25) is 0 Å². The maximum Gasteiger partial charge on any atom is 0.343 e. The molecule has 0 fully saturated rings. The summed E-state index contributed by atoms with van der Waals surface area (Å²) in [7, 11) is 1.53. The Kier molecular flexibility index (Phi) is 2.80. The average molecular weight is 248 g/mol. The van der Waals surface area contributed by atoms with E-state index in [2.05, 4.69) is 5.10 Å². The molecule has 2 aromatic rings. The molecule has 1 aromatic carbocycles. The number of ether oxygens (including phenoxy) is 1. The van der Waals surface area contributed by atoms with Gasteiger partial charge in [0, 0.05) is 6.07 Å². The van der Waals surface area contributed by atoms with Crippen molar-refractivity contribution in [2.24, 2.45) is 0 Å². The Labute approximate surface area is 103 Å². The van der Waals surface area contributed by atoms with Crippen LogP contribution in [0.3, 0.4) is 0 Å². The molecule has 0 aliphatic heterocycles. The summed E-state index contributed by atoms with van der Waals surface area (Å²) in [5.41, 5.74) is 11.6. The van der Waals surface area contributed by atoms with Crippen LogP contribution in [0.15, 0.2) is 24.3 Å². The monoisotopic (exact) mass is 248 g/mol. The van der Waals surface area contributed by atoms with Crippen LogP contribution in [0.5, 0.6) is 5.75 Å². The zero-order valence-electron chi connectivity index (χ0n) is 9.62. The van der Waals surface area contributed by atoms with Crippen LogP contribution in [0, 0.1) is 0 Å². The number of hydrogen-bond donors (Lipinski definition) is 3. The molecule has 7 heteroatoms. The zero-order chi connectivity index (χ0) is 13.3. The van der Waals surface area contributed by atoms with E-state index >= 15 is 0 Å². The summed E-state index contributed by atoms with van der Waals surface area (Å²) in [6, 6.07) is 6.89. The van der Waals surface area contributed by atoms with Crippen LogP contribution >= 0.6 is 0 Å². The molecule has 0 amide bonds. The number of nitrogen functional groups attached to an aromatic ring is 2. The Bertz CT molecular complexity index is 606. The number of carbonyl (C=O) groups is 1. The van der Waals surface area contributed by atoms with Gasteiger partial charge >= 0.3 is 5.97 Å². The molecule has 94 valence electrons. The van der Waals surface area contributed by atoms with E-state index in [1.54, 1.807) is 24.3 Å². The number of nitrogens with zero attached hydrogens (tertiary/aromatic N) is 2. The van der Waals surface area contributed by atoms with Crippen molar-refractivity contribution in [3.63, 3.8) is 0 Å². The van der Waals surface area contributed by atoms with Gasteiger partial charge in [-0.2, -0.15) is 0 Å². The van der Waals surface area contributed by atoms with Crippen molar-refractivity contribution in [1.29, 1.82) is 0 Å². The SMILES string of the molecule is COc1cccc(-n2nc(N)c(C(=O)O)c2N)c1. The Balaban J connectivity index is 2.57. The fourth-order valence-corrected chi connectivity index (χ4v) is 1.61. The minimum absolute atomic E-state index is 0.0201. The van der Waals surface area contributed by atoms with Gasteiger partial charge < -0.3 is 21.3 Å². The van der Waals surface area contributed by atoms with Crippen molar-refractivity contribution in [1.82, 2.24) is 9.78 Å². The van der Waals surface area contributed by atoms with Crippen LogP contribution < -0.4 is 16.2 Å². The van der Waals surface area contributed by atoms with Crippen molar-refractivity contribution in [3.05, 3.63) is 29.8 Å². The van der Waals surface area contributed by atoms with E-state index in [-0.39, 0.29) is 17.2 Å². The number of anilines is 2. The van der Waals surface area contributed by atoms with Crippen molar-refractivity contribution >= 4 is 17.6 Å². The second-order valence-corrected chi connectivity index (χ2v) is 3.56. The van der Waals surface area contributed by atoms with E-state index in [4.69, 9.17) is 21.3 Å². The molecular weight excluding hydrogens is 236 g/mol. The predicted octanol–water partition coefficient (Wildman–Crippen LogP) is 0.743. The van der Waals surface area contributed by atoms with Gasteiger partial charge in [0.2, 0.25) is 0 Å². The molecule has 0 unspecified atom stereocenters. The molecule has 1 heterocycles. The fourth-order valence-electron chi connectivity index (χ4n) is 1.61. The van der Waals surface area contributed by atoms with Gasteiger partial charge in [0.05, 0.1) is 12.8 Å². The van der Waals surface area contributed by atoms with Crippen LogP contribution in [-0.2, 0) is 0 Å². The maximum absolute atomic E-state index is 11.0. The highest BCUT2D eigenvalue weighted by atomic mass is 16.5. The van der Waals surface area contributed by atoms with Gasteiger partial charge in [0.25, 0.3) is 0 Å². The molecular formula is C11H12N4O3. The normalized spacial score (nSPS) is 10.3. The number of benzene rings is 1. The van der Waals surface area contributed by atoms with Crippen LogP contribution in [-0.4, -0.2) is 28.0 Å². The molecule has 1 aromatic heterocycles. The highest BCUT2D eigenvalue weighted by molar-refractivity contribution is 5.98. The number of hydrogen-bond acceptors (Lipinski definition) is 5. The Hall–Kier alpha value is -2.70. The molecule has 0 radical (unpaired) electrons. The number of rotatable bonds is 3. The minimum atomic E-state index is -1.21. The smallest absolute Gasteiger partial charge is 0.343 e.